The number of esters is 1. The van der Waals surface area contributed by atoms with Gasteiger partial charge in [-0.15, -0.1) is 0 Å². The Kier molecular flexibility index (Phi) is 3.07. The van der Waals surface area contributed by atoms with E-state index in [-0.39, 0.29) is 5.76 Å². The molecule has 0 saturated carbocycles. The molecule has 0 amide bonds. The Labute approximate surface area is 70.1 Å². The van der Waals surface area contributed by atoms with Gasteiger partial charge < -0.3 is 9.57 Å². The Hall–Kier alpha value is -1.58. The van der Waals surface area contributed by atoms with E-state index < -0.39 is 5.97 Å². The molecule has 0 bridgehead atoms. The summed E-state index contributed by atoms with van der Waals surface area (Å²) in [6, 6.07) is 0. The first kappa shape index (κ1) is 8.52. The van der Waals surface area contributed by atoms with E-state index in [1.54, 1.807) is 19.1 Å². The fourth-order valence-electron chi connectivity index (χ4n) is 0.653. The molecule has 0 saturated heterocycles. The van der Waals surface area contributed by atoms with Crippen LogP contribution in [0.4, 0.5) is 0 Å². The van der Waals surface area contributed by atoms with Crippen molar-refractivity contribution in [2.24, 2.45) is 5.16 Å². The third-order valence-electron chi connectivity index (χ3n) is 1.13. The third-order valence-corrected chi connectivity index (χ3v) is 1.13. The number of nitrogens with zero attached hydrogens (tertiary/aromatic N) is 1. The van der Waals surface area contributed by atoms with Crippen molar-refractivity contribution in [3.8, 4) is 0 Å². The zero-order valence-electron chi connectivity index (χ0n) is 6.69. The highest BCUT2D eigenvalue weighted by molar-refractivity contribution is 5.87. The van der Waals surface area contributed by atoms with Gasteiger partial charge >= 0.3 is 5.97 Å². The number of rotatable bonds is 2. The minimum absolute atomic E-state index is 0.0989. The number of oxime groups is 1. The fraction of sp³-hybridized carbons (Fsp3) is 0.250. The molecule has 0 aromatic heterocycles. The van der Waals surface area contributed by atoms with E-state index >= 15 is 0 Å². The molecule has 4 nitrogen and oxygen atoms in total. The van der Waals surface area contributed by atoms with Gasteiger partial charge in [0.1, 0.15) is 0 Å². The number of ether oxygens (including phenoxy) is 1. The second-order valence-corrected chi connectivity index (χ2v) is 1.98. The molecule has 0 aromatic rings. The summed E-state index contributed by atoms with van der Waals surface area (Å²) in [6.07, 6.45) is 6.27. The van der Waals surface area contributed by atoms with Gasteiger partial charge in [-0.1, -0.05) is 11.2 Å². The van der Waals surface area contributed by atoms with Crippen molar-refractivity contribution in [3.05, 3.63) is 24.0 Å². The fourth-order valence-corrected chi connectivity index (χ4v) is 0.653. The molecule has 1 heterocycles. The zero-order valence-corrected chi connectivity index (χ0v) is 6.69. The van der Waals surface area contributed by atoms with E-state index in [0.717, 1.165) is 0 Å². The molecule has 0 aliphatic carbocycles. The zero-order chi connectivity index (χ0) is 8.81. The highest BCUT2D eigenvalue weighted by atomic mass is 16.7. The summed E-state index contributed by atoms with van der Waals surface area (Å²) >= 11 is 0. The Morgan fingerprint density at radius 2 is 2.50 bits per heavy atom. The Morgan fingerprint density at radius 1 is 1.67 bits per heavy atom. The first-order valence-corrected chi connectivity index (χ1v) is 3.59. The van der Waals surface area contributed by atoms with Crippen LogP contribution in [0.15, 0.2) is 29.1 Å². The Bertz CT molecular complexity index is 253. The Balaban J connectivity index is 2.62. The SMILES string of the molecule is CCOC(=O)C1=CC=CC=NO1. The summed E-state index contributed by atoms with van der Waals surface area (Å²) in [6.45, 7) is 2.06. The van der Waals surface area contributed by atoms with E-state index in [2.05, 4.69) is 5.16 Å². The average Bonchev–Trinajstić information content (AvgIpc) is 2.32. The average molecular weight is 167 g/mol. The van der Waals surface area contributed by atoms with Crippen LogP contribution in [-0.2, 0) is 14.4 Å². The highest BCUT2D eigenvalue weighted by Gasteiger charge is 2.11. The van der Waals surface area contributed by atoms with Crippen molar-refractivity contribution in [2.75, 3.05) is 6.61 Å². The molecule has 12 heavy (non-hydrogen) atoms. The van der Waals surface area contributed by atoms with Crippen molar-refractivity contribution in [1.29, 1.82) is 0 Å². The van der Waals surface area contributed by atoms with Gasteiger partial charge in [0.2, 0.25) is 5.76 Å². The molecule has 0 N–H and O–H groups in total. The van der Waals surface area contributed by atoms with Crippen molar-refractivity contribution in [1.82, 2.24) is 0 Å². The van der Waals surface area contributed by atoms with E-state index in [0.29, 0.717) is 6.61 Å². The number of carbonyl (C=O) groups excluding carboxylic acids is 1. The summed E-state index contributed by atoms with van der Waals surface area (Å²) in [4.78, 5) is 15.7. The predicted molar refractivity (Wildman–Crippen MR) is 43.4 cm³/mol. The number of hydrogen-bond donors (Lipinski definition) is 0. The lowest BCUT2D eigenvalue weighted by molar-refractivity contribution is -0.142. The van der Waals surface area contributed by atoms with E-state index in [1.807, 2.05) is 0 Å². The molecule has 64 valence electrons. The largest absolute Gasteiger partial charge is 0.460 e. The molecule has 0 radical (unpaired) electrons. The molecule has 1 aliphatic heterocycles. The maximum absolute atomic E-state index is 11.0. The quantitative estimate of drug-likeness (QED) is 0.576. The summed E-state index contributed by atoms with van der Waals surface area (Å²) in [5.74, 6) is -0.400. The molecule has 4 heteroatoms. The second-order valence-electron chi connectivity index (χ2n) is 1.98. The van der Waals surface area contributed by atoms with E-state index in [4.69, 9.17) is 9.57 Å². The first-order chi connectivity index (χ1) is 5.84. The summed E-state index contributed by atoms with van der Waals surface area (Å²) in [5, 5.41) is 3.47. The summed E-state index contributed by atoms with van der Waals surface area (Å²) in [7, 11) is 0. The minimum atomic E-state index is -0.499. The number of allylic oxidation sites excluding steroid dienone is 3. The maximum Gasteiger partial charge on any atom is 0.377 e. The van der Waals surface area contributed by atoms with Crippen molar-refractivity contribution < 1.29 is 14.4 Å². The predicted octanol–water partition coefficient (Wildman–Crippen LogP) is 1.01. The van der Waals surface area contributed by atoms with Crippen LogP contribution in [0.2, 0.25) is 0 Å². The van der Waals surface area contributed by atoms with Crippen molar-refractivity contribution in [2.45, 2.75) is 6.92 Å². The lowest BCUT2D eigenvalue weighted by Gasteiger charge is -2.01. The summed E-state index contributed by atoms with van der Waals surface area (Å²) in [5.41, 5.74) is 0. The van der Waals surface area contributed by atoms with Gasteiger partial charge in [-0.05, 0) is 19.1 Å². The van der Waals surface area contributed by atoms with Gasteiger partial charge in [-0.25, -0.2) is 4.79 Å². The van der Waals surface area contributed by atoms with Crippen LogP contribution >= 0.6 is 0 Å². The van der Waals surface area contributed by atoms with Crippen molar-refractivity contribution >= 4 is 12.2 Å². The molecule has 1 rings (SSSR count). The third kappa shape index (κ3) is 2.23. The smallest absolute Gasteiger partial charge is 0.377 e. The molecule has 0 spiro atoms. The van der Waals surface area contributed by atoms with Gasteiger partial charge in [0.05, 0.1) is 12.8 Å². The number of carbonyl (C=O) groups is 1. The van der Waals surface area contributed by atoms with Gasteiger partial charge in [-0.3, -0.25) is 0 Å². The normalized spacial score (nSPS) is 14.6. The van der Waals surface area contributed by atoms with E-state index in [1.165, 1.54) is 12.3 Å². The lowest BCUT2D eigenvalue weighted by Crippen LogP contribution is -2.08. The number of hydrogen-bond acceptors (Lipinski definition) is 4. The minimum Gasteiger partial charge on any atom is -0.460 e. The van der Waals surface area contributed by atoms with Crippen LogP contribution in [0.3, 0.4) is 0 Å². The Morgan fingerprint density at radius 3 is 3.25 bits per heavy atom. The molecule has 0 atom stereocenters. The van der Waals surface area contributed by atoms with Crippen molar-refractivity contribution in [3.63, 3.8) is 0 Å². The van der Waals surface area contributed by atoms with Crippen LogP contribution in [0.5, 0.6) is 0 Å². The second kappa shape index (κ2) is 4.33. The molecule has 1 aliphatic rings. The molecular formula is C8H9NO3. The van der Waals surface area contributed by atoms with Gasteiger partial charge in [0, 0.05) is 0 Å². The van der Waals surface area contributed by atoms with Gasteiger partial charge in [-0.2, -0.15) is 0 Å². The monoisotopic (exact) mass is 167 g/mol. The maximum atomic E-state index is 11.0. The van der Waals surface area contributed by atoms with Crippen LogP contribution in [-0.4, -0.2) is 18.8 Å². The summed E-state index contributed by atoms with van der Waals surface area (Å²) < 4.78 is 4.70. The van der Waals surface area contributed by atoms with E-state index in [9.17, 15) is 4.79 Å². The first-order valence-electron chi connectivity index (χ1n) is 3.59. The molecule has 0 aromatic carbocycles. The van der Waals surface area contributed by atoms with Gasteiger partial charge in [0.15, 0.2) is 0 Å². The molecule has 0 fully saturated rings. The standard InChI is InChI=1S/C8H9NO3/c1-2-11-8(10)7-5-3-4-6-9-12-7/h3-6H,2H2,1H3. The topological polar surface area (TPSA) is 47.9 Å². The van der Waals surface area contributed by atoms with Crippen LogP contribution in [0, 0.1) is 0 Å². The van der Waals surface area contributed by atoms with Crippen LogP contribution < -0.4 is 0 Å². The highest BCUT2D eigenvalue weighted by Crippen LogP contribution is 2.03. The lowest BCUT2D eigenvalue weighted by atomic mass is 10.4. The van der Waals surface area contributed by atoms with Crippen LogP contribution in [0.25, 0.3) is 0 Å². The van der Waals surface area contributed by atoms with Crippen LogP contribution in [0.1, 0.15) is 6.92 Å². The molecular weight excluding hydrogens is 158 g/mol. The van der Waals surface area contributed by atoms with Gasteiger partial charge in [0.25, 0.3) is 0 Å². The molecule has 0 unspecified atom stereocenters.